The number of rotatable bonds is 0. The van der Waals surface area contributed by atoms with Crippen molar-refractivity contribution >= 4 is 34.1 Å². The van der Waals surface area contributed by atoms with Crippen molar-refractivity contribution in [1.82, 2.24) is 4.98 Å². The van der Waals surface area contributed by atoms with E-state index < -0.39 is 0 Å². The molecule has 0 spiro atoms. The number of pyridine rings is 1. The summed E-state index contributed by atoms with van der Waals surface area (Å²) in [7, 11) is 0. The molecule has 0 aliphatic rings. The van der Waals surface area contributed by atoms with Crippen molar-refractivity contribution in [1.29, 1.82) is 0 Å². The fourth-order valence-electron chi connectivity index (χ4n) is 1.12. The monoisotopic (exact) mass is 213 g/mol. The highest BCUT2D eigenvalue weighted by atomic mass is 35.5. The second kappa shape index (κ2) is 3.05. The van der Waals surface area contributed by atoms with Gasteiger partial charge in [-0.3, -0.25) is 4.98 Å². The molecular formula is C9H5Cl2NO. The maximum absolute atomic E-state index is 9.17. The molecule has 2 aromatic rings. The van der Waals surface area contributed by atoms with Crippen LogP contribution in [0.5, 0.6) is 5.75 Å². The molecule has 13 heavy (non-hydrogen) atoms. The van der Waals surface area contributed by atoms with E-state index in [1.165, 1.54) is 12.3 Å². The third-order valence-electron chi connectivity index (χ3n) is 1.74. The van der Waals surface area contributed by atoms with Gasteiger partial charge in [0.25, 0.3) is 0 Å². The predicted molar refractivity (Wildman–Crippen MR) is 53.4 cm³/mol. The molecule has 0 radical (unpaired) electrons. The fraction of sp³-hybridized carbons (Fsp3) is 0. The zero-order valence-electron chi connectivity index (χ0n) is 6.46. The summed E-state index contributed by atoms with van der Waals surface area (Å²) in [6.07, 6.45) is 1.46. The molecule has 0 aliphatic heterocycles. The molecule has 4 heteroatoms. The number of halogens is 2. The molecule has 0 unspecified atom stereocenters. The van der Waals surface area contributed by atoms with Gasteiger partial charge in [-0.1, -0.05) is 23.2 Å². The average molecular weight is 214 g/mol. The van der Waals surface area contributed by atoms with Crippen LogP contribution in [-0.2, 0) is 0 Å². The lowest BCUT2D eigenvalue weighted by molar-refractivity contribution is 0.476. The summed E-state index contributed by atoms with van der Waals surface area (Å²) in [4.78, 5) is 4.03. The van der Waals surface area contributed by atoms with Gasteiger partial charge in [0.05, 0.1) is 15.6 Å². The number of phenols is 1. The number of hydrogen-bond acceptors (Lipinski definition) is 2. The highest BCUT2D eigenvalue weighted by Gasteiger charge is 2.04. The number of aromatic nitrogens is 1. The van der Waals surface area contributed by atoms with Crippen molar-refractivity contribution in [2.24, 2.45) is 0 Å². The number of phenolic OH excluding ortho intramolecular Hbond substituents is 1. The first-order chi connectivity index (χ1) is 6.18. The Morgan fingerprint density at radius 1 is 1.23 bits per heavy atom. The van der Waals surface area contributed by atoms with E-state index in [-0.39, 0.29) is 5.75 Å². The van der Waals surface area contributed by atoms with Crippen LogP contribution >= 0.6 is 23.2 Å². The second-order valence-electron chi connectivity index (χ2n) is 2.62. The number of benzene rings is 1. The molecule has 1 N–H and O–H groups in total. The van der Waals surface area contributed by atoms with Gasteiger partial charge in [0, 0.05) is 17.6 Å². The molecule has 1 aromatic heterocycles. The molecule has 0 atom stereocenters. The zero-order valence-corrected chi connectivity index (χ0v) is 7.97. The Balaban J connectivity index is 2.87. The Kier molecular flexibility index (Phi) is 2.02. The number of nitrogens with zero attached hydrogens (tertiary/aromatic N) is 1. The quantitative estimate of drug-likeness (QED) is 0.730. The predicted octanol–water partition coefficient (Wildman–Crippen LogP) is 3.25. The van der Waals surface area contributed by atoms with Crippen molar-refractivity contribution in [2.45, 2.75) is 0 Å². The van der Waals surface area contributed by atoms with E-state index in [9.17, 15) is 5.11 Å². The van der Waals surface area contributed by atoms with Crippen molar-refractivity contribution < 1.29 is 5.11 Å². The van der Waals surface area contributed by atoms with Gasteiger partial charge in [0.1, 0.15) is 5.75 Å². The summed E-state index contributed by atoms with van der Waals surface area (Å²) in [5.41, 5.74) is 0.634. The van der Waals surface area contributed by atoms with Gasteiger partial charge >= 0.3 is 0 Å². The van der Waals surface area contributed by atoms with Crippen LogP contribution in [0, 0.1) is 0 Å². The molecular weight excluding hydrogens is 209 g/mol. The largest absolute Gasteiger partial charge is 0.508 e. The molecule has 2 nitrogen and oxygen atoms in total. The average Bonchev–Trinajstić information content (AvgIpc) is 2.12. The molecule has 0 saturated carbocycles. The zero-order chi connectivity index (χ0) is 9.42. The third kappa shape index (κ3) is 1.43. The SMILES string of the molecule is Oc1ccc2c(Cl)c(Cl)cnc2c1. The summed E-state index contributed by atoms with van der Waals surface area (Å²) < 4.78 is 0. The molecule has 0 fully saturated rings. The highest BCUT2D eigenvalue weighted by Crippen LogP contribution is 2.30. The number of fused-ring (bicyclic) bond motifs is 1. The van der Waals surface area contributed by atoms with Crippen molar-refractivity contribution in [3.8, 4) is 5.75 Å². The van der Waals surface area contributed by atoms with E-state index in [0.717, 1.165) is 5.39 Å². The fourth-order valence-corrected chi connectivity index (χ4v) is 1.48. The van der Waals surface area contributed by atoms with Gasteiger partial charge in [-0.25, -0.2) is 0 Å². The maximum Gasteiger partial charge on any atom is 0.117 e. The third-order valence-corrected chi connectivity index (χ3v) is 2.53. The summed E-state index contributed by atoms with van der Waals surface area (Å²) in [6.45, 7) is 0. The van der Waals surface area contributed by atoms with Crippen LogP contribution in [0.25, 0.3) is 10.9 Å². The molecule has 2 rings (SSSR count). The molecule has 0 amide bonds. The van der Waals surface area contributed by atoms with Gasteiger partial charge in [0.2, 0.25) is 0 Å². The van der Waals surface area contributed by atoms with Crippen LogP contribution in [0.15, 0.2) is 24.4 Å². The highest BCUT2D eigenvalue weighted by molar-refractivity contribution is 6.45. The first-order valence-corrected chi connectivity index (χ1v) is 4.37. The van der Waals surface area contributed by atoms with Crippen LogP contribution in [0.2, 0.25) is 10.0 Å². The molecule has 1 heterocycles. The first kappa shape index (κ1) is 8.60. The van der Waals surface area contributed by atoms with E-state index in [1.54, 1.807) is 12.1 Å². The second-order valence-corrected chi connectivity index (χ2v) is 3.41. The maximum atomic E-state index is 9.17. The Hall–Kier alpha value is -0.990. The lowest BCUT2D eigenvalue weighted by Gasteiger charge is -2.01. The minimum absolute atomic E-state index is 0.165. The minimum atomic E-state index is 0.165. The van der Waals surface area contributed by atoms with Crippen LogP contribution in [-0.4, -0.2) is 10.1 Å². The summed E-state index contributed by atoms with van der Waals surface area (Å²) in [5.74, 6) is 0.165. The van der Waals surface area contributed by atoms with E-state index in [4.69, 9.17) is 23.2 Å². The van der Waals surface area contributed by atoms with Gasteiger partial charge in [-0.2, -0.15) is 0 Å². The molecule has 0 aliphatic carbocycles. The normalized spacial score (nSPS) is 10.6. The van der Waals surface area contributed by atoms with Crippen molar-refractivity contribution in [3.05, 3.63) is 34.4 Å². The van der Waals surface area contributed by atoms with E-state index in [2.05, 4.69) is 4.98 Å². The minimum Gasteiger partial charge on any atom is -0.508 e. The van der Waals surface area contributed by atoms with E-state index in [1.807, 2.05) is 0 Å². The van der Waals surface area contributed by atoms with Crippen LogP contribution in [0.4, 0.5) is 0 Å². The van der Waals surface area contributed by atoms with Gasteiger partial charge in [-0.15, -0.1) is 0 Å². The summed E-state index contributed by atoms with van der Waals surface area (Å²) >= 11 is 11.7. The standard InChI is InChI=1S/C9H5Cl2NO/c10-7-4-12-8-3-5(13)1-2-6(8)9(7)11/h1-4,13H. The van der Waals surface area contributed by atoms with Gasteiger partial charge < -0.3 is 5.11 Å². The van der Waals surface area contributed by atoms with Gasteiger partial charge in [-0.05, 0) is 12.1 Å². The van der Waals surface area contributed by atoms with Gasteiger partial charge in [0.15, 0.2) is 0 Å². The number of aromatic hydroxyl groups is 1. The van der Waals surface area contributed by atoms with Crippen molar-refractivity contribution in [2.75, 3.05) is 0 Å². The lowest BCUT2D eigenvalue weighted by atomic mass is 10.2. The Labute approximate surface area is 84.7 Å². The topological polar surface area (TPSA) is 33.1 Å². The first-order valence-electron chi connectivity index (χ1n) is 3.61. The van der Waals surface area contributed by atoms with Crippen LogP contribution in [0.1, 0.15) is 0 Å². The Morgan fingerprint density at radius 3 is 2.77 bits per heavy atom. The Bertz CT molecular complexity index is 470. The van der Waals surface area contributed by atoms with Crippen LogP contribution in [0.3, 0.4) is 0 Å². The molecule has 0 saturated heterocycles. The van der Waals surface area contributed by atoms with E-state index in [0.29, 0.717) is 15.6 Å². The summed E-state index contributed by atoms with van der Waals surface area (Å²) in [5, 5.41) is 10.8. The molecule has 0 bridgehead atoms. The lowest BCUT2D eigenvalue weighted by Crippen LogP contribution is -1.80. The molecule has 66 valence electrons. The number of hydrogen-bond donors (Lipinski definition) is 1. The molecule has 1 aromatic carbocycles. The van der Waals surface area contributed by atoms with Crippen molar-refractivity contribution in [3.63, 3.8) is 0 Å². The van der Waals surface area contributed by atoms with Crippen LogP contribution < -0.4 is 0 Å². The summed E-state index contributed by atoms with van der Waals surface area (Å²) in [6, 6.07) is 4.77. The van der Waals surface area contributed by atoms with E-state index >= 15 is 0 Å². The Morgan fingerprint density at radius 2 is 2.00 bits per heavy atom. The smallest absolute Gasteiger partial charge is 0.117 e.